The number of nitrogens with zero attached hydrogens (tertiary/aromatic N) is 2. The van der Waals surface area contributed by atoms with Crippen LogP contribution in [-0.2, 0) is 11.2 Å². The minimum Gasteiger partial charge on any atom is -0.339 e. The molecule has 1 aromatic heterocycles. The van der Waals surface area contributed by atoms with Crippen molar-refractivity contribution < 1.29 is 27.2 Å². The number of amides is 2. The molecular formula is C23H19F4N3O2S. The summed E-state index contributed by atoms with van der Waals surface area (Å²) >= 11 is 1.20. The number of nitrogens with one attached hydrogen (secondary N) is 1. The van der Waals surface area contributed by atoms with Crippen LogP contribution in [-0.4, -0.2) is 34.8 Å². The lowest BCUT2D eigenvalue weighted by molar-refractivity contribution is -0.121. The van der Waals surface area contributed by atoms with Crippen LogP contribution in [0.25, 0.3) is 0 Å². The van der Waals surface area contributed by atoms with Gasteiger partial charge in [-0.3, -0.25) is 9.59 Å². The smallest absolute Gasteiger partial charge is 0.256 e. The van der Waals surface area contributed by atoms with Crippen LogP contribution in [0.15, 0.2) is 42.6 Å². The van der Waals surface area contributed by atoms with Crippen LogP contribution < -0.4 is 5.32 Å². The zero-order valence-electron chi connectivity index (χ0n) is 17.3. The molecule has 0 atom stereocenters. The van der Waals surface area contributed by atoms with Crippen LogP contribution in [0, 0.1) is 29.2 Å². The van der Waals surface area contributed by atoms with E-state index in [1.165, 1.54) is 34.6 Å². The van der Waals surface area contributed by atoms with Gasteiger partial charge in [0.05, 0.1) is 5.56 Å². The van der Waals surface area contributed by atoms with Gasteiger partial charge in [0, 0.05) is 48.6 Å². The molecule has 0 saturated carbocycles. The third-order valence-corrected chi connectivity index (χ3v) is 6.39. The van der Waals surface area contributed by atoms with Crippen molar-refractivity contribution in [1.29, 1.82) is 0 Å². The normalized spacial score (nSPS) is 14.4. The van der Waals surface area contributed by atoms with E-state index < -0.39 is 29.2 Å². The van der Waals surface area contributed by atoms with E-state index in [0.717, 1.165) is 18.2 Å². The van der Waals surface area contributed by atoms with E-state index in [2.05, 4.69) is 10.3 Å². The molecule has 172 valence electrons. The summed E-state index contributed by atoms with van der Waals surface area (Å²) in [4.78, 5) is 31.4. The first-order valence-electron chi connectivity index (χ1n) is 10.2. The number of carbonyl (C=O) groups is 2. The van der Waals surface area contributed by atoms with Crippen LogP contribution in [0.1, 0.15) is 33.6 Å². The van der Waals surface area contributed by atoms with E-state index in [-0.39, 0.29) is 36.9 Å². The number of benzene rings is 2. The highest BCUT2D eigenvalue weighted by atomic mass is 32.1. The molecule has 0 aliphatic carbocycles. The van der Waals surface area contributed by atoms with E-state index in [9.17, 15) is 27.2 Å². The Morgan fingerprint density at radius 3 is 2.33 bits per heavy atom. The highest BCUT2D eigenvalue weighted by Crippen LogP contribution is 2.26. The quantitative estimate of drug-likeness (QED) is 0.538. The molecule has 1 aliphatic rings. The standard InChI is InChI=1S/C23H19F4N3O2S/c24-15-2-1-14(19(26)10-15)9-17-12-28-23(33-17)29-21(31)13-5-7-30(8-6-13)22(32)18-4-3-16(25)11-20(18)27/h1-4,10-13H,5-9H2,(H,28,29,31). The first kappa shape index (κ1) is 22.9. The molecule has 2 heterocycles. The molecule has 0 bridgehead atoms. The molecular weight excluding hydrogens is 458 g/mol. The molecule has 0 unspecified atom stereocenters. The predicted octanol–water partition coefficient (Wildman–Crippen LogP) is 4.78. The van der Waals surface area contributed by atoms with Crippen molar-refractivity contribution in [3.8, 4) is 0 Å². The van der Waals surface area contributed by atoms with E-state index >= 15 is 0 Å². The van der Waals surface area contributed by atoms with E-state index in [1.54, 1.807) is 0 Å². The van der Waals surface area contributed by atoms with Crippen molar-refractivity contribution in [1.82, 2.24) is 9.88 Å². The third kappa shape index (κ3) is 5.39. The Morgan fingerprint density at radius 1 is 1.00 bits per heavy atom. The molecule has 1 fully saturated rings. The molecule has 2 aromatic carbocycles. The minimum absolute atomic E-state index is 0.202. The molecule has 5 nitrogen and oxygen atoms in total. The van der Waals surface area contributed by atoms with Gasteiger partial charge in [0.2, 0.25) is 5.91 Å². The van der Waals surface area contributed by atoms with Crippen LogP contribution >= 0.6 is 11.3 Å². The molecule has 1 saturated heterocycles. The summed E-state index contributed by atoms with van der Waals surface area (Å²) in [5.74, 6) is -4.10. The van der Waals surface area contributed by atoms with Crippen molar-refractivity contribution in [2.75, 3.05) is 18.4 Å². The maximum atomic E-state index is 13.9. The number of rotatable bonds is 5. The fraction of sp³-hybridized carbons (Fsp3) is 0.261. The van der Waals surface area contributed by atoms with Gasteiger partial charge in [0.1, 0.15) is 23.3 Å². The number of anilines is 1. The number of hydrogen-bond donors (Lipinski definition) is 1. The molecule has 10 heteroatoms. The average Bonchev–Trinajstić information content (AvgIpc) is 3.22. The first-order chi connectivity index (χ1) is 15.8. The highest BCUT2D eigenvalue weighted by molar-refractivity contribution is 7.15. The summed E-state index contributed by atoms with van der Waals surface area (Å²) in [6.45, 7) is 0.529. The Labute approximate surface area is 191 Å². The van der Waals surface area contributed by atoms with Crippen molar-refractivity contribution >= 4 is 28.3 Å². The molecule has 1 aliphatic heterocycles. The fourth-order valence-corrected chi connectivity index (χ4v) is 4.52. The summed E-state index contributed by atoms with van der Waals surface area (Å²) in [7, 11) is 0. The Hall–Kier alpha value is -3.27. The van der Waals surface area contributed by atoms with Gasteiger partial charge in [-0.05, 0) is 36.6 Å². The first-order valence-corrected chi connectivity index (χ1v) is 11.1. The topological polar surface area (TPSA) is 62.3 Å². The van der Waals surface area contributed by atoms with Gasteiger partial charge in [-0.1, -0.05) is 6.07 Å². The lowest BCUT2D eigenvalue weighted by Gasteiger charge is -2.31. The van der Waals surface area contributed by atoms with Crippen LogP contribution in [0.2, 0.25) is 0 Å². The van der Waals surface area contributed by atoms with Crippen LogP contribution in [0.5, 0.6) is 0 Å². The molecule has 33 heavy (non-hydrogen) atoms. The minimum atomic E-state index is -0.917. The Balaban J connectivity index is 1.31. The lowest BCUT2D eigenvalue weighted by atomic mass is 9.95. The molecule has 0 radical (unpaired) electrons. The maximum Gasteiger partial charge on any atom is 0.256 e. The predicted molar refractivity (Wildman–Crippen MR) is 115 cm³/mol. The second kappa shape index (κ2) is 9.70. The number of hydrogen-bond acceptors (Lipinski definition) is 4. The lowest BCUT2D eigenvalue weighted by Crippen LogP contribution is -2.41. The van der Waals surface area contributed by atoms with Crippen molar-refractivity contribution in [2.45, 2.75) is 19.3 Å². The highest BCUT2D eigenvalue weighted by Gasteiger charge is 2.29. The Morgan fingerprint density at radius 2 is 1.67 bits per heavy atom. The number of aromatic nitrogens is 1. The van der Waals surface area contributed by atoms with Crippen LogP contribution in [0.4, 0.5) is 22.7 Å². The number of halogens is 4. The number of thiazole rings is 1. The van der Waals surface area contributed by atoms with E-state index in [4.69, 9.17) is 0 Å². The van der Waals surface area contributed by atoms with Gasteiger partial charge in [0.15, 0.2) is 5.13 Å². The molecule has 2 amide bonds. The van der Waals surface area contributed by atoms with Crippen molar-refractivity contribution in [3.05, 3.63) is 81.9 Å². The fourth-order valence-electron chi connectivity index (χ4n) is 3.69. The monoisotopic (exact) mass is 477 g/mol. The van der Waals surface area contributed by atoms with Gasteiger partial charge >= 0.3 is 0 Å². The zero-order chi connectivity index (χ0) is 23.5. The van der Waals surface area contributed by atoms with Gasteiger partial charge in [-0.2, -0.15) is 0 Å². The maximum absolute atomic E-state index is 13.9. The van der Waals surface area contributed by atoms with E-state index in [0.29, 0.717) is 34.5 Å². The van der Waals surface area contributed by atoms with Gasteiger partial charge in [0.25, 0.3) is 5.91 Å². The van der Waals surface area contributed by atoms with Crippen molar-refractivity contribution in [2.24, 2.45) is 5.92 Å². The third-order valence-electron chi connectivity index (χ3n) is 5.48. The van der Waals surface area contributed by atoms with Gasteiger partial charge < -0.3 is 10.2 Å². The second-order valence-electron chi connectivity index (χ2n) is 7.72. The molecule has 3 aromatic rings. The number of carbonyl (C=O) groups excluding carboxylic acids is 2. The molecule has 4 rings (SSSR count). The second-order valence-corrected chi connectivity index (χ2v) is 8.84. The zero-order valence-corrected chi connectivity index (χ0v) is 18.1. The van der Waals surface area contributed by atoms with Crippen LogP contribution in [0.3, 0.4) is 0 Å². The van der Waals surface area contributed by atoms with Crippen molar-refractivity contribution in [3.63, 3.8) is 0 Å². The SMILES string of the molecule is O=C(Nc1ncc(Cc2ccc(F)cc2F)s1)C1CCN(C(=O)c2ccc(F)cc2F)CC1. The number of piperidine rings is 1. The molecule has 0 spiro atoms. The Kier molecular flexibility index (Phi) is 6.73. The van der Waals surface area contributed by atoms with Gasteiger partial charge in [-0.25, -0.2) is 22.5 Å². The average molecular weight is 477 g/mol. The Bertz CT molecular complexity index is 1190. The summed E-state index contributed by atoms with van der Waals surface area (Å²) in [5.41, 5.74) is 0.125. The van der Waals surface area contributed by atoms with E-state index in [1.807, 2.05) is 0 Å². The molecule has 1 N–H and O–H groups in total. The summed E-state index contributed by atoms with van der Waals surface area (Å²) in [6, 6.07) is 6.19. The summed E-state index contributed by atoms with van der Waals surface area (Å²) in [5, 5.41) is 3.11. The summed E-state index contributed by atoms with van der Waals surface area (Å²) in [6.07, 6.45) is 2.53. The largest absolute Gasteiger partial charge is 0.339 e. The summed E-state index contributed by atoms with van der Waals surface area (Å²) < 4.78 is 53.8. The number of likely N-dealkylation sites (tertiary alicyclic amines) is 1. The van der Waals surface area contributed by atoms with Gasteiger partial charge in [-0.15, -0.1) is 11.3 Å².